The van der Waals surface area contributed by atoms with E-state index in [0.717, 1.165) is 12.1 Å². The summed E-state index contributed by atoms with van der Waals surface area (Å²) in [6.07, 6.45) is -5.52. The number of carbonyl (C=O) groups is 2. The molecule has 94 valence electrons. The standard InChI is InChI=1S/C11H7F3N2O2/c12-11(13,14)10(18)7-3-1-2-4-8(7)16-9(17)5-6-15/h1-4H,5H2,(H,16,17). The van der Waals surface area contributed by atoms with Crippen LogP contribution in [0.1, 0.15) is 16.8 Å². The number of ketones is 1. The molecule has 0 unspecified atom stereocenters. The van der Waals surface area contributed by atoms with Crippen LogP contribution in [0.15, 0.2) is 24.3 Å². The van der Waals surface area contributed by atoms with Crippen molar-refractivity contribution in [2.24, 2.45) is 0 Å². The molecule has 1 aromatic rings. The van der Waals surface area contributed by atoms with Gasteiger partial charge in [0.25, 0.3) is 5.78 Å². The highest BCUT2D eigenvalue weighted by Gasteiger charge is 2.40. The van der Waals surface area contributed by atoms with E-state index in [4.69, 9.17) is 5.26 Å². The molecular formula is C11H7F3N2O2. The number of carbonyl (C=O) groups excluding carboxylic acids is 2. The van der Waals surface area contributed by atoms with E-state index in [2.05, 4.69) is 5.32 Å². The number of benzene rings is 1. The van der Waals surface area contributed by atoms with E-state index >= 15 is 0 Å². The molecule has 18 heavy (non-hydrogen) atoms. The summed E-state index contributed by atoms with van der Waals surface area (Å²) >= 11 is 0. The van der Waals surface area contributed by atoms with Gasteiger partial charge >= 0.3 is 6.18 Å². The van der Waals surface area contributed by atoms with Crippen molar-refractivity contribution in [2.75, 3.05) is 5.32 Å². The highest BCUT2D eigenvalue weighted by molar-refractivity contribution is 6.07. The van der Waals surface area contributed by atoms with Crippen LogP contribution in [0, 0.1) is 11.3 Å². The van der Waals surface area contributed by atoms with Crippen LogP contribution >= 0.6 is 0 Å². The Kier molecular flexibility index (Phi) is 4.05. The molecule has 0 spiro atoms. The van der Waals surface area contributed by atoms with Gasteiger partial charge in [-0.25, -0.2) is 0 Å². The van der Waals surface area contributed by atoms with E-state index in [0.29, 0.717) is 0 Å². The fourth-order valence-electron chi connectivity index (χ4n) is 1.21. The Bertz CT molecular complexity index is 518. The lowest BCUT2D eigenvalue weighted by molar-refractivity contribution is -0.115. The number of nitrogens with zero attached hydrogens (tertiary/aromatic N) is 1. The van der Waals surface area contributed by atoms with Gasteiger partial charge in [0.2, 0.25) is 5.91 Å². The van der Waals surface area contributed by atoms with Gasteiger partial charge in [0.1, 0.15) is 6.42 Å². The Hall–Kier alpha value is -2.36. The van der Waals surface area contributed by atoms with Crippen molar-refractivity contribution in [3.05, 3.63) is 29.8 Å². The number of nitriles is 1. The molecule has 0 saturated heterocycles. The molecule has 0 saturated carbocycles. The van der Waals surface area contributed by atoms with Crippen LogP contribution in [0.3, 0.4) is 0 Å². The second-order valence-electron chi connectivity index (χ2n) is 3.26. The molecule has 1 rings (SSSR count). The van der Waals surface area contributed by atoms with Crippen LogP contribution < -0.4 is 5.32 Å². The van der Waals surface area contributed by atoms with Gasteiger partial charge in [-0.2, -0.15) is 18.4 Å². The second kappa shape index (κ2) is 5.31. The molecule has 0 fully saturated rings. The van der Waals surface area contributed by atoms with Crippen molar-refractivity contribution in [2.45, 2.75) is 12.6 Å². The SMILES string of the molecule is N#CCC(=O)Nc1ccccc1C(=O)C(F)(F)F. The van der Waals surface area contributed by atoms with Crippen molar-refractivity contribution in [1.82, 2.24) is 0 Å². The zero-order chi connectivity index (χ0) is 13.8. The lowest BCUT2D eigenvalue weighted by atomic mass is 10.1. The van der Waals surface area contributed by atoms with Crippen molar-refractivity contribution in [1.29, 1.82) is 5.26 Å². The second-order valence-corrected chi connectivity index (χ2v) is 3.26. The lowest BCUT2D eigenvalue weighted by Gasteiger charge is -2.10. The normalized spacial score (nSPS) is 10.6. The predicted molar refractivity (Wildman–Crippen MR) is 55.7 cm³/mol. The molecule has 1 amide bonds. The Labute approximate surface area is 100 Å². The van der Waals surface area contributed by atoms with Gasteiger partial charge in [-0.1, -0.05) is 12.1 Å². The lowest BCUT2D eigenvalue weighted by Crippen LogP contribution is -2.24. The summed E-state index contributed by atoms with van der Waals surface area (Å²) in [5.41, 5.74) is -0.920. The highest BCUT2D eigenvalue weighted by atomic mass is 19.4. The molecular weight excluding hydrogens is 249 g/mol. The summed E-state index contributed by atoms with van der Waals surface area (Å²) < 4.78 is 36.9. The van der Waals surface area contributed by atoms with E-state index in [1.807, 2.05) is 0 Å². The minimum atomic E-state index is -5.02. The molecule has 0 bridgehead atoms. The summed E-state index contributed by atoms with van der Waals surface area (Å²) in [4.78, 5) is 22.2. The molecule has 0 atom stereocenters. The first-order valence-electron chi connectivity index (χ1n) is 4.73. The number of Topliss-reactive ketones (excluding diaryl/α,β-unsaturated/α-hetero) is 1. The molecule has 0 aliphatic rings. The number of anilines is 1. The van der Waals surface area contributed by atoms with Crippen molar-refractivity contribution < 1.29 is 22.8 Å². The third-order valence-electron chi connectivity index (χ3n) is 1.94. The van der Waals surface area contributed by atoms with Gasteiger partial charge in [0, 0.05) is 0 Å². The number of hydrogen-bond donors (Lipinski definition) is 1. The zero-order valence-corrected chi connectivity index (χ0v) is 8.91. The van der Waals surface area contributed by atoms with Crippen molar-refractivity contribution in [3.63, 3.8) is 0 Å². The minimum Gasteiger partial charge on any atom is -0.325 e. The monoisotopic (exact) mass is 256 g/mol. The Morgan fingerprint density at radius 2 is 1.89 bits per heavy atom. The summed E-state index contributed by atoms with van der Waals surface area (Å²) in [5, 5.41) is 10.3. The maximum Gasteiger partial charge on any atom is 0.454 e. The van der Waals surface area contributed by atoms with Crippen LogP contribution in [0.4, 0.5) is 18.9 Å². The summed E-state index contributed by atoms with van der Waals surface area (Å²) in [7, 11) is 0. The van der Waals surface area contributed by atoms with E-state index < -0.39 is 29.9 Å². The molecule has 0 heterocycles. The van der Waals surface area contributed by atoms with Crippen LogP contribution in [-0.4, -0.2) is 17.9 Å². The molecule has 0 aromatic heterocycles. The summed E-state index contributed by atoms with van der Waals surface area (Å²) in [6, 6.07) is 6.28. The first-order valence-corrected chi connectivity index (χ1v) is 4.73. The van der Waals surface area contributed by atoms with E-state index in [-0.39, 0.29) is 5.69 Å². The fraction of sp³-hybridized carbons (Fsp3) is 0.182. The van der Waals surface area contributed by atoms with Gasteiger partial charge in [0.15, 0.2) is 0 Å². The number of hydrogen-bond acceptors (Lipinski definition) is 3. The van der Waals surface area contributed by atoms with Gasteiger partial charge in [-0.05, 0) is 12.1 Å². The third kappa shape index (κ3) is 3.31. The average Bonchev–Trinajstić information content (AvgIpc) is 2.28. The molecule has 0 aliphatic heterocycles. The van der Waals surface area contributed by atoms with Crippen LogP contribution in [0.2, 0.25) is 0 Å². The molecule has 7 heteroatoms. The number of amides is 1. The largest absolute Gasteiger partial charge is 0.454 e. The van der Waals surface area contributed by atoms with E-state index in [1.165, 1.54) is 12.1 Å². The van der Waals surface area contributed by atoms with Crippen molar-refractivity contribution >= 4 is 17.4 Å². The number of nitrogens with one attached hydrogen (secondary N) is 1. The molecule has 4 nitrogen and oxygen atoms in total. The van der Waals surface area contributed by atoms with Gasteiger partial charge < -0.3 is 5.32 Å². The number of rotatable bonds is 3. The Morgan fingerprint density at radius 1 is 1.28 bits per heavy atom. The van der Waals surface area contributed by atoms with Gasteiger partial charge in [-0.3, -0.25) is 9.59 Å². The first kappa shape index (κ1) is 13.7. The van der Waals surface area contributed by atoms with E-state index in [1.54, 1.807) is 6.07 Å². The third-order valence-corrected chi connectivity index (χ3v) is 1.94. The van der Waals surface area contributed by atoms with Gasteiger partial charge in [-0.15, -0.1) is 0 Å². The zero-order valence-electron chi connectivity index (χ0n) is 8.91. The maximum absolute atomic E-state index is 12.3. The molecule has 1 N–H and O–H groups in total. The van der Waals surface area contributed by atoms with Crippen molar-refractivity contribution in [3.8, 4) is 6.07 Å². The smallest absolute Gasteiger partial charge is 0.325 e. The average molecular weight is 256 g/mol. The molecule has 0 aliphatic carbocycles. The Balaban J connectivity index is 3.05. The number of para-hydroxylation sites is 1. The van der Waals surface area contributed by atoms with Gasteiger partial charge in [0.05, 0.1) is 17.3 Å². The Morgan fingerprint density at radius 3 is 2.44 bits per heavy atom. The summed E-state index contributed by atoms with van der Waals surface area (Å²) in [6.45, 7) is 0. The predicted octanol–water partition coefficient (Wildman–Crippen LogP) is 2.28. The summed E-state index contributed by atoms with van der Waals surface area (Å²) in [5.74, 6) is -2.82. The van der Waals surface area contributed by atoms with Crippen LogP contribution in [-0.2, 0) is 4.79 Å². The molecule has 0 radical (unpaired) electrons. The first-order chi connectivity index (χ1) is 8.36. The number of alkyl halides is 3. The molecule has 1 aromatic carbocycles. The quantitative estimate of drug-likeness (QED) is 0.843. The minimum absolute atomic E-state index is 0.264. The highest BCUT2D eigenvalue weighted by Crippen LogP contribution is 2.26. The van der Waals surface area contributed by atoms with Crippen LogP contribution in [0.5, 0.6) is 0 Å². The van der Waals surface area contributed by atoms with E-state index in [9.17, 15) is 22.8 Å². The van der Waals surface area contributed by atoms with Crippen LogP contribution in [0.25, 0.3) is 0 Å². The fourth-order valence-corrected chi connectivity index (χ4v) is 1.21. The topological polar surface area (TPSA) is 70.0 Å². The maximum atomic E-state index is 12.3. The number of halogens is 3.